The zero-order valence-electron chi connectivity index (χ0n) is 12.9. The quantitative estimate of drug-likeness (QED) is 0.766. The van der Waals surface area contributed by atoms with E-state index in [1.807, 2.05) is 6.26 Å². The fourth-order valence-corrected chi connectivity index (χ4v) is 2.57. The van der Waals surface area contributed by atoms with Crippen LogP contribution in [0.25, 0.3) is 0 Å². The molecule has 1 aliphatic rings. The van der Waals surface area contributed by atoms with E-state index in [-0.39, 0.29) is 17.9 Å². The average molecular weight is 322 g/mol. The molecule has 1 aromatic rings. The summed E-state index contributed by atoms with van der Waals surface area (Å²) in [5.41, 5.74) is 0.443. The fourth-order valence-electron chi connectivity index (χ4n) is 2.10. The Kier molecular flexibility index (Phi) is 6.12. The number of para-hydroxylation sites is 1. The van der Waals surface area contributed by atoms with E-state index in [9.17, 15) is 9.59 Å². The van der Waals surface area contributed by atoms with Gasteiger partial charge in [0, 0.05) is 6.04 Å². The number of methoxy groups -OCH3 is 1. The van der Waals surface area contributed by atoms with Gasteiger partial charge in [0.2, 0.25) is 5.91 Å². The van der Waals surface area contributed by atoms with Gasteiger partial charge in [-0.2, -0.15) is 11.8 Å². The standard InChI is InChI=1S/C16H22N2O3S/c1-21-14-6-4-3-5-12(14)15(19)18-13(9-10-22-2)16(20)17-11-7-8-11/h3-6,11,13H,7-10H2,1-2H3,(H,17,20)(H,18,19)/t13-/m0/s1. The van der Waals surface area contributed by atoms with Gasteiger partial charge in [0.15, 0.2) is 0 Å². The molecule has 0 unspecified atom stereocenters. The number of benzene rings is 1. The van der Waals surface area contributed by atoms with Crippen molar-refractivity contribution in [3.05, 3.63) is 29.8 Å². The van der Waals surface area contributed by atoms with Crippen LogP contribution < -0.4 is 15.4 Å². The van der Waals surface area contributed by atoms with E-state index < -0.39 is 6.04 Å². The zero-order valence-corrected chi connectivity index (χ0v) is 13.7. The summed E-state index contributed by atoms with van der Waals surface area (Å²) >= 11 is 1.66. The summed E-state index contributed by atoms with van der Waals surface area (Å²) in [5, 5.41) is 5.79. The van der Waals surface area contributed by atoms with Gasteiger partial charge >= 0.3 is 0 Å². The summed E-state index contributed by atoms with van der Waals surface area (Å²) in [6, 6.07) is 6.78. The van der Waals surface area contributed by atoms with Crippen LogP contribution in [0, 0.1) is 0 Å². The van der Waals surface area contributed by atoms with Gasteiger partial charge in [-0.05, 0) is 43.4 Å². The largest absolute Gasteiger partial charge is 0.496 e. The predicted octanol–water partition coefficient (Wildman–Crippen LogP) is 1.83. The molecule has 2 rings (SSSR count). The molecule has 0 spiro atoms. The van der Waals surface area contributed by atoms with Crippen LogP contribution in [0.2, 0.25) is 0 Å². The van der Waals surface area contributed by atoms with Crippen LogP contribution in [0.15, 0.2) is 24.3 Å². The molecule has 0 bridgehead atoms. The van der Waals surface area contributed by atoms with Crippen LogP contribution in [0.5, 0.6) is 5.75 Å². The smallest absolute Gasteiger partial charge is 0.255 e. The monoisotopic (exact) mass is 322 g/mol. The van der Waals surface area contributed by atoms with Crippen molar-refractivity contribution in [3.63, 3.8) is 0 Å². The Morgan fingerprint density at radius 3 is 2.73 bits per heavy atom. The molecule has 0 radical (unpaired) electrons. The Bertz CT molecular complexity index is 532. The van der Waals surface area contributed by atoms with Crippen molar-refractivity contribution in [1.82, 2.24) is 10.6 Å². The Balaban J connectivity index is 2.04. The summed E-state index contributed by atoms with van der Waals surface area (Å²) in [6.45, 7) is 0. The Morgan fingerprint density at radius 1 is 1.36 bits per heavy atom. The maximum atomic E-state index is 12.4. The summed E-state index contributed by atoms with van der Waals surface area (Å²) < 4.78 is 5.20. The molecule has 120 valence electrons. The van der Waals surface area contributed by atoms with E-state index in [4.69, 9.17) is 4.74 Å². The lowest BCUT2D eigenvalue weighted by molar-refractivity contribution is -0.123. The van der Waals surface area contributed by atoms with Gasteiger partial charge < -0.3 is 15.4 Å². The highest BCUT2D eigenvalue weighted by molar-refractivity contribution is 7.98. The van der Waals surface area contributed by atoms with E-state index in [0.29, 0.717) is 17.7 Å². The number of carbonyl (C=O) groups excluding carboxylic acids is 2. The van der Waals surface area contributed by atoms with Crippen molar-refractivity contribution in [2.24, 2.45) is 0 Å². The first-order chi connectivity index (χ1) is 10.7. The minimum absolute atomic E-state index is 0.0974. The lowest BCUT2D eigenvalue weighted by Crippen LogP contribution is -2.47. The third-order valence-electron chi connectivity index (χ3n) is 3.51. The minimum Gasteiger partial charge on any atom is -0.496 e. The maximum absolute atomic E-state index is 12.4. The average Bonchev–Trinajstić information content (AvgIpc) is 3.34. The van der Waals surface area contributed by atoms with Gasteiger partial charge in [0.25, 0.3) is 5.91 Å². The molecule has 1 aromatic carbocycles. The topological polar surface area (TPSA) is 67.4 Å². The highest BCUT2D eigenvalue weighted by atomic mass is 32.2. The molecule has 5 nitrogen and oxygen atoms in total. The first kappa shape index (κ1) is 16.7. The van der Waals surface area contributed by atoms with Crippen molar-refractivity contribution in [2.45, 2.75) is 31.3 Å². The van der Waals surface area contributed by atoms with E-state index in [1.165, 1.54) is 7.11 Å². The maximum Gasteiger partial charge on any atom is 0.255 e. The zero-order chi connectivity index (χ0) is 15.9. The first-order valence-corrected chi connectivity index (χ1v) is 8.78. The molecule has 0 heterocycles. The van der Waals surface area contributed by atoms with Crippen LogP contribution >= 0.6 is 11.8 Å². The summed E-state index contributed by atoms with van der Waals surface area (Å²) in [7, 11) is 1.52. The lowest BCUT2D eigenvalue weighted by atomic mass is 10.1. The molecule has 1 saturated carbocycles. The Morgan fingerprint density at radius 2 is 2.09 bits per heavy atom. The molecule has 2 N–H and O–H groups in total. The van der Waals surface area contributed by atoms with Gasteiger partial charge in [0.05, 0.1) is 12.7 Å². The predicted molar refractivity (Wildman–Crippen MR) is 88.4 cm³/mol. The highest BCUT2D eigenvalue weighted by Crippen LogP contribution is 2.20. The van der Waals surface area contributed by atoms with Crippen molar-refractivity contribution >= 4 is 23.6 Å². The van der Waals surface area contributed by atoms with E-state index in [2.05, 4.69) is 10.6 Å². The molecular formula is C16H22N2O3S. The number of ether oxygens (including phenoxy) is 1. The van der Waals surface area contributed by atoms with Crippen molar-refractivity contribution < 1.29 is 14.3 Å². The van der Waals surface area contributed by atoms with Gasteiger partial charge in [-0.3, -0.25) is 9.59 Å². The van der Waals surface area contributed by atoms with Gasteiger partial charge in [-0.1, -0.05) is 12.1 Å². The molecule has 0 saturated heterocycles. The number of nitrogens with one attached hydrogen (secondary N) is 2. The summed E-state index contributed by atoms with van der Waals surface area (Å²) in [5.74, 6) is 0.940. The minimum atomic E-state index is -0.509. The lowest BCUT2D eigenvalue weighted by Gasteiger charge is -2.18. The van der Waals surface area contributed by atoms with Crippen molar-refractivity contribution in [2.75, 3.05) is 19.1 Å². The third-order valence-corrected chi connectivity index (χ3v) is 4.15. The molecule has 1 fully saturated rings. The Labute approximate surface area is 135 Å². The van der Waals surface area contributed by atoms with Crippen LogP contribution in [0.3, 0.4) is 0 Å². The number of thioether (sulfide) groups is 1. The van der Waals surface area contributed by atoms with Crippen LogP contribution in [-0.4, -0.2) is 43.0 Å². The first-order valence-electron chi connectivity index (χ1n) is 7.39. The van der Waals surface area contributed by atoms with E-state index >= 15 is 0 Å². The molecule has 6 heteroatoms. The van der Waals surface area contributed by atoms with Crippen LogP contribution in [0.4, 0.5) is 0 Å². The fraction of sp³-hybridized carbons (Fsp3) is 0.500. The molecule has 2 amide bonds. The normalized spacial score (nSPS) is 15.0. The summed E-state index contributed by atoms with van der Waals surface area (Å²) in [6.07, 6.45) is 4.65. The number of amides is 2. The summed E-state index contributed by atoms with van der Waals surface area (Å²) in [4.78, 5) is 24.7. The van der Waals surface area contributed by atoms with Gasteiger partial charge in [-0.25, -0.2) is 0 Å². The molecule has 22 heavy (non-hydrogen) atoms. The molecule has 1 atom stereocenters. The van der Waals surface area contributed by atoms with Gasteiger partial charge in [-0.15, -0.1) is 0 Å². The number of hydrogen-bond donors (Lipinski definition) is 2. The van der Waals surface area contributed by atoms with E-state index in [1.54, 1.807) is 36.0 Å². The number of hydrogen-bond acceptors (Lipinski definition) is 4. The number of rotatable bonds is 8. The highest BCUT2D eigenvalue weighted by Gasteiger charge is 2.28. The van der Waals surface area contributed by atoms with Crippen LogP contribution in [-0.2, 0) is 4.79 Å². The van der Waals surface area contributed by atoms with Gasteiger partial charge in [0.1, 0.15) is 11.8 Å². The SMILES string of the molecule is COc1ccccc1C(=O)N[C@@H](CCSC)C(=O)NC1CC1. The molecule has 1 aliphatic carbocycles. The Hall–Kier alpha value is -1.69. The van der Waals surface area contributed by atoms with Crippen molar-refractivity contribution in [3.8, 4) is 5.75 Å². The second kappa shape index (κ2) is 8.08. The second-order valence-corrected chi connectivity index (χ2v) is 6.28. The third kappa shape index (κ3) is 4.66. The van der Waals surface area contributed by atoms with Crippen molar-refractivity contribution in [1.29, 1.82) is 0 Å². The molecule has 0 aliphatic heterocycles. The van der Waals surface area contributed by atoms with Crippen LogP contribution in [0.1, 0.15) is 29.6 Å². The second-order valence-electron chi connectivity index (χ2n) is 5.29. The molecule has 0 aromatic heterocycles. The number of carbonyl (C=O) groups is 2. The molecular weight excluding hydrogens is 300 g/mol. The van der Waals surface area contributed by atoms with E-state index in [0.717, 1.165) is 18.6 Å².